The molecule has 0 saturated heterocycles. The molecule has 138 valence electrons. The number of hydrogen-bond donors (Lipinski definition) is 2. The first-order chi connectivity index (χ1) is 12.5. The van der Waals surface area contributed by atoms with Crippen LogP contribution in [0, 0.1) is 5.82 Å². The molecule has 0 bridgehead atoms. The molecule has 0 aliphatic heterocycles. The molecule has 1 aliphatic rings. The first-order valence-electron chi connectivity index (χ1n) is 8.35. The van der Waals surface area contributed by atoms with E-state index in [1.54, 1.807) is 18.2 Å². The van der Waals surface area contributed by atoms with Gasteiger partial charge in [0.1, 0.15) is 17.6 Å². The number of nitrogens with one attached hydrogen (secondary N) is 2. The Morgan fingerprint density at radius 3 is 2.46 bits per heavy atom. The van der Waals surface area contributed by atoms with Crippen molar-refractivity contribution in [1.82, 2.24) is 10.6 Å². The predicted octanol–water partition coefficient (Wildman–Crippen LogP) is 3.54. The van der Waals surface area contributed by atoms with E-state index in [1.807, 2.05) is 0 Å². The SMILES string of the molecule is O=C(NC1CC1)C(NCc1ccccc1OC(F)F)c1ccc(F)cc1. The number of hydrogen-bond acceptors (Lipinski definition) is 3. The monoisotopic (exact) mass is 364 g/mol. The van der Waals surface area contributed by atoms with E-state index in [0.717, 1.165) is 12.8 Å². The molecule has 2 aromatic rings. The number of carbonyl (C=O) groups excluding carboxylic acids is 1. The fraction of sp³-hybridized carbons (Fsp3) is 0.316. The minimum atomic E-state index is -2.93. The maximum Gasteiger partial charge on any atom is 0.387 e. The van der Waals surface area contributed by atoms with Gasteiger partial charge in [0, 0.05) is 18.2 Å². The first kappa shape index (κ1) is 18.3. The molecular weight excluding hydrogens is 345 g/mol. The van der Waals surface area contributed by atoms with Crippen molar-refractivity contribution in [2.45, 2.75) is 38.1 Å². The van der Waals surface area contributed by atoms with Gasteiger partial charge in [0.15, 0.2) is 0 Å². The summed E-state index contributed by atoms with van der Waals surface area (Å²) in [7, 11) is 0. The number of amides is 1. The third kappa shape index (κ3) is 4.98. The Hall–Kier alpha value is -2.54. The fourth-order valence-electron chi connectivity index (χ4n) is 2.60. The van der Waals surface area contributed by atoms with E-state index < -0.39 is 18.5 Å². The molecule has 0 spiro atoms. The number of rotatable bonds is 8. The normalized spacial score (nSPS) is 14.9. The van der Waals surface area contributed by atoms with Gasteiger partial charge in [-0.15, -0.1) is 0 Å². The maximum absolute atomic E-state index is 13.2. The zero-order chi connectivity index (χ0) is 18.5. The highest BCUT2D eigenvalue weighted by atomic mass is 19.3. The van der Waals surface area contributed by atoms with E-state index in [0.29, 0.717) is 11.1 Å². The van der Waals surface area contributed by atoms with Gasteiger partial charge in [-0.2, -0.15) is 8.78 Å². The average Bonchev–Trinajstić information content (AvgIpc) is 3.41. The molecule has 2 aromatic carbocycles. The molecule has 7 heteroatoms. The van der Waals surface area contributed by atoms with Crippen LogP contribution < -0.4 is 15.4 Å². The smallest absolute Gasteiger partial charge is 0.387 e. The second-order valence-electron chi connectivity index (χ2n) is 6.13. The molecule has 1 saturated carbocycles. The van der Waals surface area contributed by atoms with Crippen LogP contribution in [0.3, 0.4) is 0 Å². The van der Waals surface area contributed by atoms with Gasteiger partial charge in [-0.25, -0.2) is 4.39 Å². The molecule has 2 N–H and O–H groups in total. The highest BCUT2D eigenvalue weighted by Gasteiger charge is 2.28. The fourth-order valence-corrected chi connectivity index (χ4v) is 2.60. The van der Waals surface area contributed by atoms with E-state index in [9.17, 15) is 18.0 Å². The van der Waals surface area contributed by atoms with Gasteiger partial charge in [-0.3, -0.25) is 10.1 Å². The zero-order valence-electron chi connectivity index (χ0n) is 13.9. The molecule has 1 atom stereocenters. The van der Waals surface area contributed by atoms with Crippen molar-refractivity contribution in [1.29, 1.82) is 0 Å². The lowest BCUT2D eigenvalue weighted by atomic mass is 10.1. The van der Waals surface area contributed by atoms with Crippen LogP contribution in [0.5, 0.6) is 5.75 Å². The summed E-state index contributed by atoms with van der Waals surface area (Å²) < 4.78 is 42.8. The largest absolute Gasteiger partial charge is 0.434 e. The first-order valence-corrected chi connectivity index (χ1v) is 8.35. The van der Waals surface area contributed by atoms with Crippen molar-refractivity contribution in [3.8, 4) is 5.75 Å². The molecule has 0 radical (unpaired) electrons. The highest BCUT2D eigenvalue weighted by molar-refractivity contribution is 5.83. The van der Waals surface area contributed by atoms with Crippen molar-refractivity contribution in [2.75, 3.05) is 0 Å². The number of ether oxygens (including phenoxy) is 1. The van der Waals surface area contributed by atoms with E-state index >= 15 is 0 Å². The summed E-state index contributed by atoms with van der Waals surface area (Å²) in [5.74, 6) is -0.576. The molecular formula is C19H19F3N2O2. The molecule has 3 rings (SSSR count). The third-order valence-electron chi connectivity index (χ3n) is 4.07. The topological polar surface area (TPSA) is 50.4 Å². The quantitative estimate of drug-likeness (QED) is 0.753. The minimum Gasteiger partial charge on any atom is -0.434 e. The number of benzene rings is 2. The van der Waals surface area contributed by atoms with Gasteiger partial charge in [0.05, 0.1) is 0 Å². The second-order valence-corrected chi connectivity index (χ2v) is 6.13. The lowest BCUT2D eigenvalue weighted by Gasteiger charge is -2.20. The Labute approximate surface area is 149 Å². The van der Waals surface area contributed by atoms with Gasteiger partial charge in [0.25, 0.3) is 0 Å². The minimum absolute atomic E-state index is 0.0513. The van der Waals surface area contributed by atoms with Crippen LogP contribution in [-0.2, 0) is 11.3 Å². The van der Waals surface area contributed by atoms with E-state index in [2.05, 4.69) is 15.4 Å². The van der Waals surface area contributed by atoms with Crippen LogP contribution in [0.1, 0.15) is 30.0 Å². The van der Waals surface area contributed by atoms with Gasteiger partial charge < -0.3 is 10.1 Å². The number of halogens is 3. The Morgan fingerprint density at radius 2 is 1.81 bits per heavy atom. The summed E-state index contributed by atoms with van der Waals surface area (Å²) in [5, 5.41) is 5.96. The Morgan fingerprint density at radius 1 is 1.12 bits per heavy atom. The van der Waals surface area contributed by atoms with Crippen molar-refractivity contribution >= 4 is 5.91 Å². The second kappa shape index (κ2) is 8.23. The van der Waals surface area contributed by atoms with Gasteiger partial charge in [0.2, 0.25) is 5.91 Å². The Kier molecular flexibility index (Phi) is 5.78. The van der Waals surface area contributed by atoms with Crippen molar-refractivity contribution < 1.29 is 22.7 Å². The zero-order valence-corrected chi connectivity index (χ0v) is 13.9. The van der Waals surface area contributed by atoms with Crippen molar-refractivity contribution in [3.63, 3.8) is 0 Å². The molecule has 1 amide bonds. The number of alkyl halides is 2. The summed E-state index contributed by atoms with van der Waals surface area (Å²) in [6.07, 6.45) is 1.87. The van der Waals surface area contributed by atoms with Gasteiger partial charge in [-0.05, 0) is 36.6 Å². The predicted molar refractivity (Wildman–Crippen MR) is 90.2 cm³/mol. The average molecular weight is 364 g/mol. The molecule has 26 heavy (non-hydrogen) atoms. The van der Waals surface area contributed by atoms with Crippen molar-refractivity contribution in [3.05, 3.63) is 65.5 Å². The van der Waals surface area contributed by atoms with Crippen LogP contribution in [0.4, 0.5) is 13.2 Å². The summed E-state index contributed by atoms with van der Waals surface area (Å²) in [6, 6.07) is 11.4. The third-order valence-corrected chi connectivity index (χ3v) is 4.07. The van der Waals surface area contributed by atoms with E-state index in [-0.39, 0.29) is 24.2 Å². The molecule has 0 aromatic heterocycles. The molecule has 1 fully saturated rings. The number of carbonyl (C=O) groups is 1. The summed E-state index contributed by atoms with van der Waals surface area (Å²) in [5.41, 5.74) is 1.09. The maximum atomic E-state index is 13.2. The highest BCUT2D eigenvalue weighted by Crippen LogP contribution is 2.24. The summed E-state index contributed by atoms with van der Waals surface area (Å²) in [6.45, 7) is -2.79. The summed E-state index contributed by atoms with van der Waals surface area (Å²) >= 11 is 0. The lowest BCUT2D eigenvalue weighted by molar-refractivity contribution is -0.123. The van der Waals surface area contributed by atoms with Crippen LogP contribution in [0.15, 0.2) is 48.5 Å². The number of para-hydroxylation sites is 1. The molecule has 1 aliphatic carbocycles. The van der Waals surface area contributed by atoms with E-state index in [1.165, 1.54) is 30.3 Å². The standard InChI is InChI=1S/C19H19F3N2O2/c20-14-7-5-12(6-8-14)17(18(25)24-15-9-10-15)23-11-13-3-1-2-4-16(13)26-19(21)22/h1-8,15,17,19,23H,9-11H2,(H,24,25). The Balaban J connectivity index is 1.75. The Bertz CT molecular complexity index is 749. The van der Waals surface area contributed by atoms with Crippen LogP contribution in [0.2, 0.25) is 0 Å². The van der Waals surface area contributed by atoms with Gasteiger partial charge in [-0.1, -0.05) is 30.3 Å². The van der Waals surface area contributed by atoms with Gasteiger partial charge >= 0.3 is 6.61 Å². The summed E-state index contributed by atoms with van der Waals surface area (Å²) in [4.78, 5) is 12.5. The van der Waals surface area contributed by atoms with E-state index in [4.69, 9.17) is 0 Å². The van der Waals surface area contributed by atoms with Crippen molar-refractivity contribution in [2.24, 2.45) is 0 Å². The van der Waals surface area contributed by atoms with Crippen LogP contribution in [-0.4, -0.2) is 18.6 Å². The lowest BCUT2D eigenvalue weighted by Crippen LogP contribution is -2.38. The molecule has 0 heterocycles. The van der Waals surface area contributed by atoms with Crippen LogP contribution >= 0.6 is 0 Å². The molecule has 1 unspecified atom stereocenters. The van der Waals surface area contributed by atoms with Crippen LogP contribution in [0.25, 0.3) is 0 Å². The molecule has 4 nitrogen and oxygen atoms in total.